The van der Waals surface area contributed by atoms with Crippen molar-refractivity contribution in [1.29, 1.82) is 0 Å². The van der Waals surface area contributed by atoms with Gasteiger partial charge in [0.1, 0.15) is 5.75 Å². The average molecular weight is 382 g/mol. The molecule has 0 spiro atoms. The fraction of sp³-hybridized carbons (Fsp3) is 0.650. The van der Waals surface area contributed by atoms with Crippen molar-refractivity contribution in [1.82, 2.24) is 15.5 Å². The number of ether oxygens (including phenoxy) is 1. The van der Waals surface area contributed by atoms with Crippen LogP contribution in [0.2, 0.25) is 0 Å². The van der Waals surface area contributed by atoms with Gasteiger partial charge < -0.3 is 15.4 Å². The van der Waals surface area contributed by atoms with Gasteiger partial charge in [-0.25, -0.2) is 0 Å². The van der Waals surface area contributed by atoms with Crippen molar-refractivity contribution in [3.63, 3.8) is 0 Å². The number of rotatable bonds is 7. The molecule has 2 saturated heterocycles. The maximum atomic E-state index is 12.2. The van der Waals surface area contributed by atoms with E-state index in [1.807, 2.05) is 13.0 Å². The molecule has 0 aromatic heterocycles. The van der Waals surface area contributed by atoms with Crippen LogP contribution in [0.15, 0.2) is 24.3 Å². The van der Waals surface area contributed by atoms with Gasteiger partial charge in [0, 0.05) is 19.6 Å². The molecule has 2 fully saturated rings. The van der Waals surface area contributed by atoms with Crippen LogP contribution in [0.4, 0.5) is 0 Å². The molecule has 2 unspecified atom stereocenters. The number of likely N-dealkylation sites (tertiary alicyclic amines) is 1. The first kappa shape index (κ1) is 21.0. The Bertz CT molecular complexity index is 564. The smallest absolute Gasteiger partial charge is 0.237 e. The number of halogens is 1. The lowest BCUT2D eigenvalue weighted by molar-refractivity contribution is -0.123. The largest absolute Gasteiger partial charge is 0.494 e. The number of hydrogen-bond donors (Lipinski definition) is 2. The van der Waals surface area contributed by atoms with Crippen LogP contribution in [0.5, 0.6) is 5.75 Å². The van der Waals surface area contributed by atoms with Gasteiger partial charge in [-0.3, -0.25) is 9.69 Å². The molecule has 5 nitrogen and oxygen atoms in total. The first-order valence-electron chi connectivity index (χ1n) is 9.70. The molecule has 2 aliphatic rings. The monoisotopic (exact) mass is 381 g/mol. The van der Waals surface area contributed by atoms with Crippen molar-refractivity contribution in [3.8, 4) is 5.75 Å². The molecule has 1 amide bonds. The van der Waals surface area contributed by atoms with E-state index in [9.17, 15) is 4.79 Å². The normalized spacial score (nSPS) is 23.3. The number of carbonyl (C=O) groups is 1. The summed E-state index contributed by atoms with van der Waals surface area (Å²) < 4.78 is 5.60. The summed E-state index contributed by atoms with van der Waals surface area (Å²) in [5.74, 6) is 1.68. The van der Waals surface area contributed by atoms with Crippen LogP contribution in [-0.2, 0) is 11.3 Å². The van der Waals surface area contributed by atoms with Gasteiger partial charge >= 0.3 is 0 Å². The second kappa shape index (κ2) is 10.8. The van der Waals surface area contributed by atoms with E-state index in [-0.39, 0.29) is 24.4 Å². The van der Waals surface area contributed by atoms with Crippen LogP contribution in [0, 0.1) is 5.92 Å². The van der Waals surface area contributed by atoms with Gasteiger partial charge in [-0.05, 0) is 69.3 Å². The highest BCUT2D eigenvalue weighted by Crippen LogP contribution is 2.20. The van der Waals surface area contributed by atoms with Gasteiger partial charge in [-0.2, -0.15) is 0 Å². The summed E-state index contributed by atoms with van der Waals surface area (Å²) in [7, 11) is 0. The van der Waals surface area contributed by atoms with Crippen LogP contribution in [0.3, 0.4) is 0 Å². The quantitative estimate of drug-likeness (QED) is 0.762. The molecule has 2 atom stereocenters. The molecule has 26 heavy (non-hydrogen) atoms. The number of piperidine rings is 1. The summed E-state index contributed by atoms with van der Waals surface area (Å²) in [5.41, 5.74) is 1.30. The first-order valence-corrected chi connectivity index (χ1v) is 9.70. The zero-order valence-electron chi connectivity index (χ0n) is 15.7. The highest BCUT2D eigenvalue weighted by atomic mass is 35.5. The van der Waals surface area contributed by atoms with E-state index in [0.29, 0.717) is 12.5 Å². The number of nitrogens with one attached hydrogen (secondary N) is 2. The number of amides is 1. The lowest BCUT2D eigenvalue weighted by Crippen LogP contribution is -2.45. The molecule has 2 aliphatic heterocycles. The molecular formula is C20H32ClN3O2. The summed E-state index contributed by atoms with van der Waals surface area (Å²) in [4.78, 5) is 14.7. The van der Waals surface area contributed by atoms with Crippen LogP contribution in [-0.4, -0.2) is 49.6 Å². The van der Waals surface area contributed by atoms with Gasteiger partial charge in [0.25, 0.3) is 0 Å². The Morgan fingerprint density at radius 1 is 1.35 bits per heavy atom. The molecular weight excluding hydrogens is 350 g/mol. The molecule has 0 radical (unpaired) electrons. The zero-order valence-corrected chi connectivity index (χ0v) is 16.5. The minimum absolute atomic E-state index is 0. The first-order chi connectivity index (χ1) is 12.2. The van der Waals surface area contributed by atoms with E-state index >= 15 is 0 Å². The number of carbonyl (C=O) groups excluding carboxylic acids is 1. The summed E-state index contributed by atoms with van der Waals surface area (Å²) in [6.45, 7) is 7.62. The van der Waals surface area contributed by atoms with Crippen LogP contribution < -0.4 is 15.4 Å². The lowest BCUT2D eigenvalue weighted by Gasteiger charge is -2.33. The predicted octanol–water partition coefficient (Wildman–Crippen LogP) is 2.59. The van der Waals surface area contributed by atoms with Crippen molar-refractivity contribution in [2.24, 2.45) is 5.92 Å². The zero-order chi connectivity index (χ0) is 17.5. The molecule has 3 rings (SSSR count). The standard InChI is InChI=1S/C20H31N3O2.ClH/c1-2-25-18-8-3-6-16(12-18)14-23-11-5-7-17(15-23)13-22-20(24)19-9-4-10-21-19;/h3,6,8,12,17,19,21H,2,4-5,7,9-11,13-15H2,1H3,(H,22,24);1H. The Morgan fingerprint density at radius 3 is 3.00 bits per heavy atom. The van der Waals surface area contributed by atoms with Crippen LogP contribution in [0.25, 0.3) is 0 Å². The molecule has 1 aromatic carbocycles. The van der Waals surface area contributed by atoms with Crippen LogP contribution >= 0.6 is 12.4 Å². The van der Waals surface area contributed by atoms with Gasteiger partial charge in [-0.15, -0.1) is 12.4 Å². The van der Waals surface area contributed by atoms with Gasteiger partial charge in [0.15, 0.2) is 0 Å². The number of benzene rings is 1. The van der Waals surface area contributed by atoms with E-state index in [0.717, 1.165) is 51.3 Å². The lowest BCUT2D eigenvalue weighted by atomic mass is 9.97. The highest BCUT2D eigenvalue weighted by molar-refractivity contribution is 5.85. The molecule has 0 saturated carbocycles. The van der Waals surface area contributed by atoms with Crippen molar-refractivity contribution in [2.45, 2.75) is 45.2 Å². The highest BCUT2D eigenvalue weighted by Gasteiger charge is 2.24. The van der Waals surface area contributed by atoms with Crippen molar-refractivity contribution >= 4 is 18.3 Å². The third-order valence-corrected chi connectivity index (χ3v) is 5.16. The van der Waals surface area contributed by atoms with E-state index < -0.39 is 0 Å². The van der Waals surface area contributed by atoms with E-state index in [4.69, 9.17) is 4.74 Å². The maximum absolute atomic E-state index is 12.2. The Hall–Kier alpha value is -1.30. The fourth-order valence-electron chi connectivity index (χ4n) is 3.90. The summed E-state index contributed by atoms with van der Waals surface area (Å²) in [6, 6.07) is 8.41. The molecule has 0 aliphatic carbocycles. The topological polar surface area (TPSA) is 53.6 Å². The van der Waals surface area contributed by atoms with Gasteiger partial charge in [0.2, 0.25) is 5.91 Å². The van der Waals surface area contributed by atoms with Crippen LogP contribution in [0.1, 0.15) is 38.2 Å². The SMILES string of the molecule is CCOc1cccc(CN2CCCC(CNC(=O)C3CCCN3)C2)c1.Cl. The van der Waals surface area contributed by atoms with E-state index in [1.165, 1.54) is 18.4 Å². The average Bonchev–Trinajstić information content (AvgIpc) is 3.15. The van der Waals surface area contributed by atoms with Gasteiger partial charge in [-0.1, -0.05) is 12.1 Å². The summed E-state index contributed by atoms with van der Waals surface area (Å²) >= 11 is 0. The van der Waals surface area contributed by atoms with Crippen molar-refractivity contribution in [2.75, 3.05) is 32.8 Å². The Morgan fingerprint density at radius 2 is 2.23 bits per heavy atom. The second-order valence-electron chi connectivity index (χ2n) is 7.22. The fourth-order valence-corrected chi connectivity index (χ4v) is 3.90. The third kappa shape index (κ3) is 6.15. The molecule has 2 N–H and O–H groups in total. The van der Waals surface area contributed by atoms with E-state index in [1.54, 1.807) is 0 Å². The second-order valence-corrected chi connectivity index (χ2v) is 7.22. The van der Waals surface area contributed by atoms with E-state index in [2.05, 4.69) is 33.7 Å². The minimum atomic E-state index is 0. The molecule has 146 valence electrons. The molecule has 1 aromatic rings. The minimum Gasteiger partial charge on any atom is -0.494 e. The maximum Gasteiger partial charge on any atom is 0.237 e. The number of nitrogens with zero attached hydrogens (tertiary/aromatic N) is 1. The molecule has 6 heteroatoms. The number of hydrogen-bond acceptors (Lipinski definition) is 4. The van der Waals surface area contributed by atoms with Gasteiger partial charge in [0.05, 0.1) is 12.6 Å². The third-order valence-electron chi connectivity index (χ3n) is 5.16. The summed E-state index contributed by atoms with van der Waals surface area (Å²) in [6.07, 6.45) is 4.48. The Labute approximate surface area is 163 Å². The Kier molecular flexibility index (Phi) is 8.69. The molecule has 2 heterocycles. The predicted molar refractivity (Wildman–Crippen MR) is 107 cm³/mol. The Balaban J connectivity index is 0.00000243. The van der Waals surface area contributed by atoms with Crippen molar-refractivity contribution < 1.29 is 9.53 Å². The summed E-state index contributed by atoms with van der Waals surface area (Å²) in [5, 5.41) is 6.42. The van der Waals surface area contributed by atoms with Crippen molar-refractivity contribution in [3.05, 3.63) is 29.8 Å². The molecule has 0 bridgehead atoms.